The lowest BCUT2D eigenvalue weighted by atomic mass is 9.96. The fourth-order valence-electron chi connectivity index (χ4n) is 1.87. The van der Waals surface area contributed by atoms with Gasteiger partial charge in [-0.2, -0.15) is 0 Å². The van der Waals surface area contributed by atoms with Gasteiger partial charge in [-0.05, 0) is 11.1 Å². The SMILES string of the molecule is O=C(P)c1ccccc1-c1ccccc1C(=O)P. The highest BCUT2D eigenvalue weighted by atomic mass is 31.0. The Hall–Kier alpha value is -1.36. The Balaban J connectivity index is 2.70. The Morgan fingerprint density at radius 1 is 0.667 bits per heavy atom. The average Bonchev–Trinajstić information content (AvgIpc) is 2.38. The molecule has 0 aliphatic rings. The third-order valence-electron chi connectivity index (χ3n) is 2.68. The summed E-state index contributed by atoms with van der Waals surface area (Å²) < 4.78 is 0. The average molecular weight is 274 g/mol. The van der Waals surface area contributed by atoms with E-state index in [1.807, 2.05) is 36.4 Å². The number of carbonyl (C=O) groups excluding carboxylic acids is 2. The molecule has 0 N–H and O–H groups in total. The summed E-state index contributed by atoms with van der Waals surface area (Å²) in [6.07, 6.45) is 0. The summed E-state index contributed by atoms with van der Waals surface area (Å²) in [6, 6.07) is 14.6. The van der Waals surface area contributed by atoms with Crippen molar-refractivity contribution in [2.75, 3.05) is 0 Å². The fraction of sp³-hybridized carbons (Fsp3) is 0. The van der Waals surface area contributed by atoms with Crippen molar-refractivity contribution >= 4 is 29.5 Å². The largest absolute Gasteiger partial charge is 0.290 e. The van der Waals surface area contributed by atoms with E-state index in [-0.39, 0.29) is 11.0 Å². The Bertz CT molecular complexity index is 565. The minimum atomic E-state index is -0.0865. The summed E-state index contributed by atoms with van der Waals surface area (Å²) in [6.45, 7) is 0. The minimum Gasteiger partial charge on any atom is -0.290 e. The van der Waals surface area contributed by atoms with E-state index < -0.39 is 0 Å². The summed E-state index contributed by atoms with van der Waals surface area (Å²) in [5.41, 5.74) is 2.59. The Morgan fingerprint density at radius 2 is 1.00 bits per heavy atom. The topological polar surface area (TPSA) is 34.1 Å². The highest BCUT2D eigenvalue weighted by Gasteiger charge is 2.13. The van der Waals surface area contributed by atoms with Crippen LogP contribution in [-0.2, 0) is 0 Å². The van der Waals surface area contributed by atoms with Crippen LogP contribution in [-0.4, -0.2) is 11.0 Å². The molecule has 0 heterocycles. The summed E-state index contributed by atoms with van der Waals surface area (Å²) in [7, 11) is 4.34. The van der Waals surface area contributed by atoms with E-state index in [1.54, 1.807) is 12.1 Å². The molecule has 0 saturated heterocycles. The van der Waals surface area contributed by atoms with Gasteiger partial charge in [-0.15, -0.1) is 0 Å². The van der Waals surface area contributed by atoms with Gasteiger partial charge in [0.05, 0.1) is 0 Å². The van der Waals surface area contributed by atoms with Crippen molar-refractivity contribution < 1.29 is 9.59 Å². The van der Waals surface area contributed by atoms with Gasteiger partial charge in [-0.1, -0.05) is 67.0 Å². The van der Waals surface area contributed by atoms with Gasteiger partial charge in [0.25, 0.3) is 0 Å². The molecule has 0 aromatic heterocycles. The second kappa shape index (κ2) is 5.52. The van der Waals surface area contributed by atoms with Crippen molar-refractivity contribution in [2.45, 2.75) is 0 Å². The summed E-state index contributed by atoms with van der Waals surface area (Å²) >= 11 is 0. The predicted octanol–water partition coefficient (Wildman–Crippen LogP) is 3.38. The second-order valence-electron chi connectivity index (χ2n) is 3.82. The molecular weight excluding hydrogens is 262 g/mol. The van der Waals surface area contributed by atoms with Crippen LogP contribution in [0.1, 0.15) is 20.7 Å². The van der Waals surface area contributed by atoms with E-state index in [4.69, 9.17) is 0 Å². The first-order valence-electron chi connectivity index (χ1n) is 5.39. The first-order valence-corrected chi connectivity index (χ1v) is 6.54. The van der Waals surface area contributed by atoms with Crippen molar-refractivity contribution in [3.8, 4) is 11.1 Å². The predicted molar refractivity (Wildman–Crippen MR) is 80.0 cm³/mol. The number of hydrogen-bond acceptors (Lipinski definition) is 2. The van der Waals surface area contributed by atoms with Crippen LogP contribution in [0.25, 0.3) is 11.1 Å². The maximum absolute atomic E-state index is 11.6. The molecule has 0 saturated carbocycles. The number of benzene rings is 2. The molecular formula is C14H12O2P2. The van der Waals surface area contributed by atoms with E-state index in [2.05, 4.69) is 18.5 Å². The normalized spacial score (nSPS) is 10.1. The molecule has 0 fully saturated rings. The first-order chi connectivity index (χ1) is 8.61. The summed E-state index contributed by atoms with van der Waals surface area (Å²) in [5, 5.41) is 0. The molecule has 2 aromatic rings. The van der Waals surface area contributed by atoms with Crippen LogP contribution in [0.15, 0.2) is 48.5 Å². The summed E-state index contributed by atoms with van der Waals surface area (Å²) in [5.74, 6) is 0. The molecule has 90 valence electrons. The van der Waals surface area contributed by atoms with Crippen molar-refractivity contribution in [3.63, 3.8) is 0 Å². The fourth-order valence-corrected chi connectivity index (χ4v) is 2.37. The molecule has 0 radical (unpaired) electrons. The molecule has 18 heavy (non-hydrogen) atoms. The molecule has 2 rings (SSSR count). The molecule has 2 aromatic carbocycles. The molecule has 4 heteroatoms. The van der Waals surface area contributed by atoms with Crippen LogP contribution in [0, 0.1) is 0 Å². The maximum Gasteiger partial charge on any atom is 0.178 e. The maximum atomic E-state index is 11.6. The zero-order chi connectivity index (χ0) is 13.1. The first kappa shape index (κ1) is 13.1. The standard InChI is InChI=1S/C14H12O2P2/c15-13(17)11-7-3-1-5-9(11)10-6-2-4-8-12(10)14(16)18/h1-8H,17-18H2. The van der Waals surface area contributed by atoms with E-state index in [9.17, 15) is 9.59 Å². The van der Waals surface area contributed by atoms with Crippen LogP contribution in [0.4, 0.5) is 0 Å². The third-order valence-corrected chi connectivity index (χ3v) is 3.30. The van der Waals surface area contributed by atoms with Gasteiger partial charge in [-0.3, -0.25) is 9.59 Å². The second-order valence-corrected chi connectivity index (χ2v) is 4.87. The summed E-state index contributed by atoms with van der Waals surface area (Å²) in [4.78, 5) is 23.2. The third kappa shape index (κ3) is 2.56. The lowest BCUT2D eigenvalue weighted by molar-refractivity contribution is 0.107. The van der Waals surface area contributed by atoms with E-state index in [1.165, 1.54) is 0 Å². The van der Waals surface area contributed by atoms with Gasteiger partial charge in [0.2, 0.25) is 0 Å². The molecule has 0 aliphatic carbocycles. The monoisotopic (exact) mass is 274 g/mol. The molecule has 2 unspecified atom stereocenters. The van der Waals surface area contributed by atoms with E-state index in [0.29, 0.717) is 11.1 Å². The van der Waals surface area contributed by atoms with Crippen LogP contribution in [0.3, 0.4) is 0 Å². The highest BCUT2D eigenvalue weighted by molar-refractivity contribution is 7.41. The van der Waals surface area contributed by atoms with E-state index >= 15 is 0 Å². The lowest BCUT2D eigenvalue weighted by Crippen LogP contribution is -1.97. The molecule has 0 spiro atoms. The van der Waals surface area contributed by atoms with Crippen LogP contribution < -0.4 is 0 Å². The van der Waals surface area contributed by atoms with Crippen molar-refractivity contribution in [3.05, 3.63) is 59.7 Å². The smallest absolute Gasteiger partial charge is 0.178 e. The lowest BCUT2D eigenvalue weighted by Gasteiger charge is -2.10. The van der Waals surface area contributed by atoms with Gasteiger partial charge in [-0.25, -0.2) is 0 Å². The molecule has 0 bridgehead atoms. The number of carbonyl (C=O) groups is 2. The van der Waals surface area contributed by atoms with Crippen molar-refractivity contribution in [1.82, 2.24) is 0 Å². The van der Waals surface area contributed by atoms with Crippen molar-refractivity contribution in [1.29, 1.82) is 0 Å². The molecule has 0 aliphatic heterocycles. The van der Waals surface area contributed by atoms with Gasteiger partial charge in [0, 0.05) is 11.1 Å². The quantitative estimate of drug-likeness (QED) is 0.804. The van der Waals surface area contributed by atoms with Gasteiger partial charge >= 0.3 is 0 Å². The molecule has 2 nitrogen and oxygen atoms in total. The van der Waals surface area contributed by atoms with Gasteiger partial charge in [0.1, 0.15) is 0 Å². The Kier molecular flexibility index (Phi) is 4.01. The molecule has 0 amide bonds. The van der Waals surface area contributed by atoms with Gasteiger partial charge < -0.3 is 0 Å². The number of rotatable bonds is 3. The Labute approximate surface area is 110 Å². The van der Waals surface area contributed by atoms with E-state index in [0.717, 1.165) is 11.1 Å². The van der Waals surface area contributed by atoms with Crippen LogP contribution >= 0.6 is 18.5 Å². The highest BCUT2D eigenvalue weighted by Crippen LogP contribution is 2.29. The zero-order valence-electron chi connectivity index (χ0n) is 9.59. The minimum absolute atomic E-state index is 0.0865. The van der Waals surface area contributed by atoms with Gasteiger partial charge in [0.15, 0.2) is 11.0 Å². The molecule has 2 atom stereocenters. The Morgan fingerprint density at radius 3 is 1.33 bits per heavy atom. The van der Waals surface area contributed by atoms with Crippen LogP contribution in [0.5, 0.6) is 0 Å². The van der Waals surface area contributed by atoms with Crippen LogP contribution in [0.2, 0.25) is 0 Å². The number of hydrogen-bond donors (Lipinski definition) is 0. The van der Waals surface area contributed by atoms with Crippen molar-refractivity contribution in [2.24, 2.45) is 0 Å². The zero-order valence-corrected chi connectivity index (χ0v) is 11.9.